The summed E-state index contributed by atoms with van der Waals surface area (Å²) < 4.78 is 11.3. The lowest BCUT2D eigenvalue weighted by Gasteiger charge is -2.43. The molecule has 2 atom stereocenters. The number of aromatic nitrogens is 4. The molecule has 0 spiro atoms. The Labute approximate surface area is 447 Å². The van der Waals surface area contributed by atoms with E-state index in [0.29, 0.717) is 58.0 Å². The molecule has 2 aliphatic carbocycles. The fourth-order valence-electron chi connectivity index (χ4n) is 11.8. The molecule has 6 heterocycles. The molecule has 4 aromatic rings. The lowest BCUT2D eigenvalue weighted by Crippen LogP contribution is -2.55. The number of hydrogen-bond acceptors (Lipinski definition) is 16. The second-order valence-corrected chi connectivity index (χ2v) is 21.3. The van der Waals surface area contributed by atoms with Gasteiger partial charge in [-0.2, -0.15) is 9.97 Å². The molecule has 10 rings (SSSR count). The van der Waals surface area contributed by atoms with Gasteiger partial charge in [0.2, 0.25) is 23.7 Å². The minimum atomic E-state index is -0.227. The van der Waals surface area contributed by atoms with Gasteiger partial charge in [-0.1, -0.05) is 39.5 Å². The van der Waals surface area contributed by atoms with Crippen LogP contribution in [0.3, 0.4) is 0 Å². The molecule has 0 bridgehead atoms. The van der Waals surface area contributed by atoms with Gasteiger partial charge in [-0.25, -0.2) is 9.97 Å². The number of nitrogens with one attached hydrogen (secondary N) is 4. The van der Waals surface area contributed by atoms with E-state index in [2.05, 4.69) is 78.8 Å². The molecule has 4 amide bonds. The highest BCUT2D eigenvalue weighted by Gasteiger charge is 2.43. The monoisotopic (exact) mass is 1040 g/mol. The van der Waals surface area contributed by atoms with Crippen LogP contribution in [0.5, 0.6) is 11.5 Å². The van der Waals surface area contributed by atoms with Crippen molar-refractivity contribution in [3.63, 3.8) is 0 Å². The number of piperidine rings is 2. The van der Waals surface area contributed by atoms with Crippen LogP contribution in [0.1, 0.15) is 124 Å². The van der Waals surface area contributed by atoms with Gasteiger partial charge in [-0.3, -0.25) is 19.2 Å². The number of rotatable bonds is 14. The summed E-state index contributed by atoms with van der Waals surface area (Å²) in [6, 6.07) is 11.2. The Morgan fingerprint density at radius 1 is 0.566 bits per heavy atom. The molecule has 76 heavy (non-hydrogen) atoms. The average molecular weight is 1040 g/mol. The predicted molar refractivity (Wildman–Crippen MR) is 297 cm³/mol. The third kappa shape index (κ3) is 11.6. The van der Waals surface area contributed by atoms with E-state index in [1.54, 1.807) is 74.8 Å². The molecule has 4 fully saturated rings. The molecule has 20 heteroatoms. The van der Waals surface area contributed by atoms with Crippen LogP contribution in [0.15, 0.2) is 48.8 Å². The number of carbonyl (C=O) groups excluding carboxylic acids is 4. The Morgan fingerprint density at radius 2 is 0.934 bits per heavy atom. The van der Waals surface area contributed by atoms with Crippen LogP contribution in [0.2, 0.25) is 0 Å². The van der Waals surface area contributed by atoms with E-state index in [4.69, 9.17) is 19.4 Å². The Balaban J connectivity index is 0.000000186. The molecule has 0 unspecified atom stereocenters. The van der Waals surface area contributed by atoms with Gasteiger partial charge in [0.05, 0.1) is 38.0 Å². The van der Waals surface area contributed by atoms with Crippen molar-refractivity contribution in [3.05, 3.63) is 59.9 Å². The highest BCUT2D eigenvalue weighted by molar-refractivity contribution is 6.05. The van der Waals surface area contributed by atoms with Crippen molar-refractivity contribution in [2.75, 3.05) is 98.8 Å². The molecule has 6 aliphatic rings. The van der Waals surface area contributed by atoms with Gasteiger partial charge < -0.3 is 60.1 Å². The van der Waals surface area contributed by atoms with E-state index in [1.165, 1.54) is 25.7 Å². The van der Waals surface area contributed by atoms with Crippen molar-refractivity contribution in [2.24, 2.45) is 0 Å². The van der Waals surface area contributed by atoms with E-state index >= 15 is 0 Å². The average Bonchev–Trinajstić information content (AvgIpc) is 4.23. The number of likely N-dealkylation sites (tertiary alicyclic amines) is 2. The highest BCUT2D eigenvalue weighted by atomic mass is 16.5. The normalized spacial score (nSPS) is 20.9. The number of nitrogens with zero attached hydrogens (tertiary/aromatic N) is 10. The summed E-state index contributed by atoms with van der Waals surface area (Å²) >= 11 is 0. The van der Waals surface area contributed by atoms with Gasteiger partial charge in [0.15, 0.2) is 11.6 Å². The summed E-state index contributed by atoms with van der Waals surface area (Å²) in [5, 5.41) is 12.9. The lowest BCUT2D eigenvalue weighted by molar-refractivity contribution is -0.120. The Bertz CT molecular complexity index is 2530. The zero-order chi connectivity index (χ0) is 53.6. The highest BCUT2D eigenvalue weighted by Crippen LogP contribution is 2.42. The number of carbonyl (C=O) groups is 4. The summed E-state index contributed by atoms with van der Waals surface area (Å²) in [5.41, 5.74) is 3.90. The number of methoxy groups -OCH3 is 2. The van der Waals surface area contributed by atoms with Crippen molar-refractivity contribution in [2.45, 2.75) is 140 Å². The van der Waals surface area contributed by atoms with Crippen molar-refractivity contribution in [1.29, 1.82) is 0 Å². The third-order valence-electron chi connectivity index (χ3n) is 16.4. The fourth-order valence-corrected chi connectivity index (χ4v) is 11.8. The Kier molecular flexibility index (Phi) is 17.1. The first-order valence-corrected chi connectivity index (χ1v) is 27.5. The van der Waals surface area contributed by atoms with Crippen molar-refractivity contribution in [3.8, 4) is 11.5 Å². The Hall–Kier alpha value is -6.80. The molecular weight excluding hydrogens is 965 g/mol. The second kappa shape index (κ2) is 24.0. The van der Waals surface area contributed by atoms with Gasteiger partial charge in [-0.05, 0) is 141 Å². The van der Waals surface area contributed by atoms with E-state index < -0.39 is 0 Å². The summed E-state index contributed by atoms with van der Waals surface area (Å²) in [5.74, 6) is 3.48. The number of amides is 4. The maximum atomic E-state index is 13.1. The van der Waals surface area contributed by atoms with Gasteiger partial charge >= 0.3 is 0 Å². The zero-order valence-electron chi connectivity index (χ0n) is 45.7. The first-order valence-electron chi connectivity index (χ1n) is 27.5. The first kappa shape index (κ1) is 54.0. The molecule has 2 aromatic heterocycles. The van der Waals surface area contributed by atoms with E-state index in [1.807, 2.05) is 12.1 Å². The summed E-state index contributed by atoms with van der Waals surface area (Å²) in [4.78, 5) is 83.3. The maximum Gasteiger partial charge on any atom is 0.251 e. The van der Waals surface area contributed by atoms with Gasteiger partial charge in [0, 0.05) is 49.4 Å². The van der Waals surface area contributed by atoms with E-state index in [-0.39, 0.29) is 47.8 Å². The molecule has 4 N–H and O–H groups in total. The molecule has 0 radical (unpaired) electrons. The van der Waals surface area contributed by atoms with Crippen molar-refractivity contribution < 1.29 is 28.7 Å². The first-order chi connectivity index (χ1) is 36.8. The largest absolute Gasteiger partial charge is 0.495 e. The number of fused-ring (bicyclic) bond motifs is 2. The van der Waals surface area contributed by atoms with Gasteiger partial charge in [0.1, 0.15) is 35.0 Å². The minimum absolute atomic E-state index is 0.0898. The maximum absolute atomic E-state index is 13.1. The minimum Gasteiger partial charge on any atom is -0.495 e. The Morgan fingerprint density at radius 3 is 1.28 bits per heavy atom. The smallest absolute Gasteiger partial charge is 0.251 e. The van der Waals surface area contributed by atoms with Crippen LogP contribution in [0.4, 0.5) is 46.3 Å². The molecule has 4 aliphatic heterocycles. The fraction of sp³-hybridized carbons (Fsp3) is 0.571. The number of ether oxygens (including phenoxy) is 2. The van der Waals surface area contributed by atoms with Crippen molar-refractivity contribution >= 4 is 69.9 Å². The van der Waals surface area contributed by atoms with Crippen LogP contribution in [0.25, 0.3) is 0 Å². The molecule has 2 saturated heterocycles. The topological polar surface area (TPSA) is 206 Å². The molecule has 20 nitrogen and oxygen atoms in total. The molecule has 2 aromatic carbocycles. The van der Waals surface area contributed by atoms with Crippen LogP contribution in [-0.4, -0.2) is 158 Å². The lowest BCUT2D eigenvalue weighted by atomic mass is 10.0. The second-order valence-electron chi connectivity index (χ2n) is 21.3. The summed E-state index contributed by atoms with van der Waals surface area (Å²) in [6.45, 7) is 8.05. The number of anilines is 8. The van der Waals surface area contributed by atoms with Gasteiger partial charge in [-0.15, -0.1) is 0 Å². The molecule has 408 valence electrons. The summed E-state index contributed by atoms with van der Waals surface area (Å²) in [6.07, 6.45) is 17.6. The van der Waals surface area contributed by atoms with Crippen LogP contribution in [-0.2, 0) is 9.59 Å². The van der Waals surface area contributed by atoms with Crippen LogP contribution < -0.4 is 50.3 Å². The van der Waals surface area contributed by atoms with Crippen LogP contribution >= 0.6 is 0 Å². The van der Waals surface area contributed by atoms with E-state index in [9.17, 15) is 19.2 Å². The standard InChI is InChI=1S/2C28H39N7O3/c2*1-5-22-27(37)34(3)23-17-29-28(32-25(23)35(22)20-8-6-7-9-20)31-21-11-10-18(16-24(21)38-4)26(36)30-19-12-14-33(2)15-13-19/h2*10-11,16-17,19-20,22H,5-9,12-15H2,1-4H3,(H,30,36)(H,29,31,32)/t2*22-/m11/s1. The number of hydrogen-bond donors (Lipinski definition) is 4. The third-order valence-corrected chi connectivity index (χ3v) is 16.4. The SMILES string of the molecule is CC[C@@H]1C(=O)N(C)c2cnc(Nc3ccc(C(=O)NC4CCN(C)CC4)cc3OC)nc2N1C1CCCC1.CC[C@@H]1C(=O)N(C)c2cnc(Nc3ccc(C(=O)NC4CCN(C)CC4)cc3OC)nc2N1C1CCCC1. The number of benzene rings is 2. The zero-order valence-corrected chi connectivity index (χ0v) is 45.7. The quantitative estimate of drug-likeness (QED) is 0.0993. The predicted octanol–water partition coefficient (Wildman–Crippen LogP) is 7.11. The van der Waals surface area contributed by atoms with E-state index in [0.717, 1.165) is 113 Å². The number of likely N-dealkylation sites (N-methyl/N-ethyl adjacent to an activating group) is 2. The van der Waals surface area contributed by atoms with Crippen molar-refractivity contribution in [1.82, 2.24) is 40.4 Å². The van der Waals surface area contributed by atoms with Crippen LogP contribution in [0, 0.1) is 0 Å². The van der Waals surface area contributed by atoms with Gasteiger partial charge in [0.25, 0.3) is 11.8 Å². The molecule has 2 saturated carbocycles. The molecular formula is C56H78N14O6. The summed E-state index contributed by atoms with van der Waals surface area (Å²) in [7, 11) is 11.0.